The van der Waals surface area contributed by atoms with Crippen molar-refractivity contribution < 1.29 is 4.79 Å². The average Bonchev–Trinajstić information content (AvgIpc) is 3.06. The molecule has 26 heavy (non-hydrogen) atoms. The average molecular weight is 408 g/mol. The molecule has 0 bridgehead atoms. The fourth-order valence-electron chi connectivity index (χ4n) is 2.66. The summed E-state index contributed by atoms with van der Waals surface area (Å²) < 4.78 is 0. The van der Waals surface area contributed by atoms with Crippen LogP contribution in [0.1, 0.15) is 41.6 Å². The van der Waals surface area contributed by atoms with E-state index in [1.807, 2.05) is 19.1 Å². The summed E-state index contributed by atoms with van der Waals surface area (Å²) in [5, 5.41) is 8.10. The van der Waals surface area contributed by atoms with Crippen molar-refractivity contribution in [1.29, 1.82) is 0 Å². The molecule has 7 heteroatoms. The third-order valence-electron chi connectivity index (χ3n) is 4.14. The predicted octanol–water partition coefficient (Wildman–Crippen LogP) is 5.88. The molecule has 1 aromatic carbocycles. The van der Waals surface area contributed by atoms with Crippen molar-refractivity contribution in [3.8, 4) is 0 Å². The number of nitrogens with one attached hydrogen (secondary N) is 2. The first-order valence-electron chi connectivity index (χ1n) is 8.64. The largest absolute Gasteiger partial charge is 0.335 e. The Morgan fingerprint density at radius 2 is 2.15 bits per heavy atom. The number of hydrogen-bond donors (Lipinski definition) is 2. The smallest absolute Gasteiger partial charge is 0.234 e. The number of benzene rings is 1. The van der Waals surface area contributed by atoms with Crippen molar-refractivity contribution in [3.63, 3.8) is 0 Å². The maximum absolute atomic E-state index is 12.4. The van der Waals surface area contributed by atoms with E-state index in [0.29, 0.717) is 10.8 Å². The van der Waals surface area contributed by atoms with Crippen molar-refractivity contribution in [1.82, 2.24) is 0 Å². The van der Waals surface area contributed by atoms with Crippen LogP contribution in [0.5, 0.6) is 0 Å². The van der Waals surface area contributed by atoms with Crippen molar-refractivity contribution >= 4 is 57.1 Å². The van der Waals surface area contributed by atoms with Crippen molar-refractivity contribution in [2.75, 3.05) is 16.4 Å². The molecule has 2 aromatic rings. The SMILES string of the molecule is CCC1=NC(SCC(=O)Nc2cc(Cl)ccc2C)c2cc(CC)sc2N1. The Balaban J connectivity index is 1.68. The highest BCUT2D eigenvalue weighted by molar-refractivity contribution is 8.00. The Hall–Kier alpha value is -1.50. The van der Waals surface area contributed by atoms with Crippen molar-refractivity contribution in [2.24, 2.45) is 4.99 Å². The summed E-state index contributed by atoms with van der Waals surface area (Å²) in [6.45, 7) is 6.19. The summed E-state index contributed by atoms with van der Waals surface area (Å²) >= 11 is 9.36. The molecular weight excluding hydrogens is 386 g/mol. The molecule has 2 heterocycles. The van der Waals surface area contributed by atoms with Crippen LogP contribution in [0, 0.1) is 6.92 Å². The number of amidine groups is 1. The molecule has 1 unspecified atom stereocenters. The quantitative estimate of drug-likeness (QED) is 0.628. The standard InChI is InChI=1S/C19H22ClN3OS2/c1-4-13-9-14-18(22-16(5-2)23-19(14)26-13)25-10-17(24)21-15-8-12(20)7-6-11(15)3/h6-9,18H,4-5,10H2,1-3H3,(H,21,24)(H,22,23). The predicted molar refractivity (Wildman–Crippen MR) is 115 cm³/mol. The molecule has 138 valence electrons. The molecule has 1 aliphatic rings. The van der Waals surface area contributed by atoms with E-state index in [4.69, 9.17) is 16.6 Å². The zero-order valence-electron chi connectivity index (χ0n) is 15.1. The zero-order valence-corrected chi connectivity index (χ0v) is 17.4. The van der Waals surface area contributed by atoms with Crippen LogP contribution in [0.2, 0.25) is 5.02 Å². The van der Waals surface area contributed by atoms with Crippen molar-refractivity contribution in [3.05, 3.63) is 45.3 Å². The lowest BCUT2D eigenvalue weighted by Gasteiger charge is -2.21. The summed E-state index contributed by atoms with van der Waals surface area (Å²) in [5.41, 5.74) is 2.94. The van der Waals surface area contributed by atoms with Crippen LogP contribution < -0.4 is 10.6 Å². The van der Waals surface area contributed by atoms with Gasteiger partial charge in [-0.2, -0.15) is 0 Å². The molecule has 2 N–H and O–H groups in total. The number of hydrogen-bond acceptors (Lipinski definition) is 5. The maximum Gasteiger partial charge on any atom is 0.234 e. The number of aliphatic imine (C=N–C) groups is 1. The van der Waals surface area contributed by atoms with Crippen LogP contribution in [0.15, 0.2) is 29.3 Å². The van der Waals surface area contributed by atoms with Gasteiger partial charge in [0.1, 0.15) is 16.2 Å². The van der Waals surface area contributed by atoms with Gasteiger partial charge in [0.25, 0.3) is 0 Å². The van der Waals surface area contributed by atoms with Gasteiger partial charge in [-0.15, -0.1) is 23.1 Å². The first-order chi connectivity index (χ1) is 12.5. The number of carbonyl (C=O) groups excluding carboxylic acids is 1. The summed E-state index contributed by atoms with van der Waals surface area (Å²) in [7, 11) is 0. The van der Waals surface area contributed by atoms with E-state index in [2.05, 4.69) is 30.5 Å². The van der Waals surface area contributed by atoms with Gasteiger partial charge in [0, 0.05) is 27.6 Å². The Morgan fingerprint density at radius 3 is 2.88 bits per heavy atom. The van der Waals surface area contributed by atoms with Gasteiger partial charge in [-0.25, -0.2) is 0 Å². The summed E-state index contributed by atoms with van der Waals surface area (Å²) in [6, 6.07) is 7.71. The maximum atomic E-state index is 12.4. The molecule has 0 aliphatic carbocycles. The minimum atomic E-state index is -0.0420. The Bertz CT molecular complexity index is 847. The number of anilines is 2. The molecule has 3 rings (SSSR count). The molecule has 1 atom stereocenters. The summed E-state index contributed by atoms with van der Waals surface area (Å²) in [5.74, 6) is 1.28. The second-order valence-electron chi connectivity index (χ2n) is 6.08. The number of thiophene rings is 1. The molecule has 0 saturated carbocycles. The first-order valence-corrected chi connectivity index (χ1v) is 10.9. The molecule has 0 radical (unpaired) electrons. The number of fused-ring (bicyclic) bond motifs is 1. The van der Waals surface area contributed by atoms with E-state index in [-0.39, 0.29) is 11.3 Å². The lowest BCUT2D eigenvalue weighted by Crippen LogP contribution is -2.19. The Morgan fingerprint density at radius 1 is 1.35 bits per heavy atom. The lowest BCUT2D eigenvalue weighted by atomic mass is 10.2. The molecule has 1 aliphatic heterocycles. The number of aryl methyl sites for hydroxylation is 2. The lowest BCUT2D eigenvalue weighted by molar-refractivity contribution is -0.113. The number of halogens is 1. The van der Waals surface area contributed by atoms with Gasteiger partial charge in [0.05, 0.1) is 5.75 Å². The number of carbonyl (C=O) groups is 1. The van der Waals surface area contributed by atoms with Gasteiger partial charge in [-0.1, -0.05) is 31.5 Å². The molecule has 0 fully saturated rings. The van der Waals surface area contributed by atoms with Gasteiger partial charge in [-0.3, -0.25) is 9.79 Å². The van der Waals surface area contributed by atoms with Gasteiger partial charge in [0.2, 0.25) is 5.91 Å². The van der Waals surface area contributed by atoms with Crippen molar-refractivity contribution in [2.45, 2.75) is 39.0 Å². The highest BCUT2D eigenvalue weighted by Crippen LogP contribution is 2.43. The van der Waals surface area contributed by atoms with Crippen LogP contribution in [0.25, 0.3) is 0 Å². The molecular formula is C19H22ClN3OS2. The fraction of sp³-hybridized carbons (Fsp3) is 0.368. The van der Waals surface area contributed by atoms with E-state index in [0.717, 1.165) is 34.9 Å². The molecule has 0 spiro atoms. The third kappa shape index (κ3) is 4.42. The molecule has 1 amide bonds. The van der Waals surface area contributed by atoms with E-state index in [1.165, 1.54) is 10.4 Å². The number of rotatable bonds is 6. The Kier molecular flexibility index (Phi) is 6.27. The van der Waals surface area contributed by atoms with Crippen LogP contribution in [0.4, 0.5) is 10.7 Å². The second-order valence-corrected chi connectivity index (χ2v) is 8.72. The summed E-state index contributed by atoms with van der Waals surface area (Å²) in [4.78, 5) is 18.5. The molecule has 4 nitrogen and oxygen atoms in total. The van der Waals surface area contributed by atoms with E-state index >= 15 is 0 Å². The molecule has 1 aromatic heterocycles. The molecule has 0 saturated heterocycles. The minimum absolute atomic E-state index is 0.0380. The van der Waals surface area contributed by atoms with Gasteiger partial charge < -0.3 is 10.6 Å². The minimum Gasteiger partial charge on any atom is -0.335 e. The fourth-order valence-corrected chi connectivity index (χ4v) is 4.91. The normalized spacial score (nSPS) is 15.8. The monoisotopic (exact) mass is 407 g/mol. The van der Waals surface area contributed by atoms with E-state index < -0.39 is 0 Å². The zero-order chi connectivity index (χ0) is 18.7. The Labute approximate surface area is 167 Å². The van der Waals surface area contributed by atoms with Crippen LogP contribution in [-0.4, -0.2) is 17.5 Å². The van der Waals surface area contributed by atoms with Gasteiger partial charge in [0.15, 0.2) is 0 Å². The summed E-state index contributed by atoms with van der Waals surface area (Å²) in [6.07, 6.45) is 1.86. The first kappa shape index (κ1) is 19.3. The van der Waals surface area contributed by atoms with Gasteiger partial charge >= 0.3 is 0 Å². The van der Waals surface area contributed by atoms with Gasteiger partial charge in [-0.05, 0) is 37.1 Å². The highest BCUT2D eigenvalue weighted by atomic mass is 35.5. The van der Waals surface area contributed by atoms with E-state index in [9.17, 15) is 4.79 Å². The second kappa shape index (κ2) is 8.46. The topological polar surface area (TPSA) is 53.5 Å². The van der Waals surface area contributed by atoms with Crippen LogP contribution in [0.3, 0.4) is 0 Å². The number of amides is 1. The van der Waals surface area contributed by atoms with E-state index in [1.54, 1.807) is 29.2 Å². The number of thioether (sulfide) groups is 1. The highest BCUT2D eigenvalue weighted by Gasteiger charge is 2.24. The third-order valence-corrected chi connectivity index (χ3v) is 6.69. The van der Waals surface area contributed by atoms with Crippen LogP contribution in [-0.2, 0) is 11.2 Å². The van der Waals surface area contributed by atoms with Crippen LogP contribution >= 0.6 is 34.7 Å². The number of nitrogens with zero attached hydrogens (tertiary/aromatic N) is 1.